The molecule has 2 rings (SSSR count). The molecule has 34 heavy (non-hydrogen) atoms. The van der Waals surface area contributed by atoms with Gasteiger partial charge in [-0.1, -0.05) is 20.8 Å². The third-order valence-electron chi connectivity index (χ3n) is 9.03. The van der Waals surface area contributed by atoms with Crippen molar-refractivity contribution >= 4 is 5.97 Å². The summed E-state index contributed by atoms with van der Waals surface area (Å²) in [4.78, 5) is 10.8. The highest BCUT2D eigenvalue weighted by Gasteiger charge is 2.46. The van der Waals surface area contributed by atoms with Crippen LogP contribution >= 0.6 is 0 Å². The van der Waals surface area contributed by atoms with Crippen LogP contribution in [0.1, 0.15) is 119 Å². The maximum atomic E-state index is 10.9. The Balaban J connectivity index is 1.71. The molecule has 2 aliphatic rings. The largest absolute Gasteiger partial charge is 0.550 e. The Morgan fingerprint density at radius 1 is 1.06 bits per heavy atom. The number of carbonyl (C=O) groups excluding carboxylic acids is 1. The van der Waals surface area contributed by atoms with Crippen LogP contribution in [0.5, 0.6) is 0 Å². The van der Waals surface area contributed by atoms with E-state index in [-0.39, 0.29) is 23.7 Å². The Labute approximate surface area is 207 Å². The molecular weight excluding hydrogens is 432 g/mol. The number of carboxylic acid groups (broad SMARTS) is 1. The van der Waals surface area contributed by atoms with Crippen molar-refractivity contribution in [3.8, 4) is 0 Å². The average molecular weight is 484 g/mol. The minimum atomic E-state index is -1.04. The molecule has 9 atom stereocenters. The van der Waals surface area contributed by atoms with Crippen molar-refractivity contribution < 1.29 is 30.0 Å². The molecule has 0 aromatic rings. The van der Waals surface area contributed by atoms with E-state index in [0.29, 0.717) is 50.4 Å². The maximum Gasteiger partial charge on any atom is 0.0658 e. The van der Waals surface area contributed by atoms with Gasteiger partial charge < -0.3 is 30.0 Å². The maximum absolute atomic E-state index is 10.9. The van der Waals surface area contributed by atoms with Crippen LogP contribution in [0, 0.1) is 23.7 Å². The summed E-state index contributed by atoms with van der Waals surface area (Å²) in [5.41, 5.74) is -1.78. The third-order valence-corrected chi connectivity index (χ3v) is 9.03. The average Bonchev–Trinajstić information content (AvgIpc) is 2.72. The predicted octanol–water partition coefficient (Wildman–Crippen LogP) is 3.98. The summed E-state index contributed by atoms with van der Waals surface area (Å²) in [6.45, 7) is 11.9. The van der Waals surface area contributed by atoms with E-state index < -0.39 is 23.1 Å². The number of rotatable bonds is 13. The Bertz CT molecular complexity index is 645. The number of hydrogen-bond acceptors (Lipinski definition) is 6. The van der Waals surface area contributed by atoms with E-state index in [1.165, 1.54) is 0 Å². The lowest BCUT2D eigenvalue weighted by atomic mass is 9.67. The lowest BCUT2D eigenvalue weighted by Gasteiger charge is -2.51. The SMILES string of the molecule is CC(CCCC(C)(O)CCCC(C)(O)CCCC1(C)CCC2CC(O)C(C)C(C)C2O1)C(=O)[O-]. The lowest BCUT2D eigenvalue weighted by molar-refractivity contribution is -0.311. The zero-order valence-electron chi connectivity index (χ0n) is 22.5. The number of aliphatic carboxylic acids is 1. The highest BCUT2D eigenvalue weighted by Crippen LogP contribution is 2.46. The van der Waals surface area contributed by atoms with Crippen LogP contribution in [-0.4, -0.2) is 50.3 Å². The second-order valence-electron chi connectivity index (χ2n) is 12.7. The van der Waals surface area contributed by atoms with E-state index >= 15 is 0 Å². The Hall–Kier alpha value is -0.690. The van der Waals surface area contributed by atoms with Gasteiger partial charge in [-0.15, -0.1) is 0 Å². The van der Waals surface area contributed by atoms with Crippen molar-refractivity contribution in [1.82, 2.24) is 0 Å². The van der Waals surface area contributed by atoms with Crippen LogP contribution < -0.4 is 5.11 Å². The first kappa shape index (κ1) is 29.5. The van der Waals surface area contributed by atoms with Gasteiger partial charge in [-0.2, -0.15) is 0 Å². The minimum Gasteiger partial charge on any atom is -0.550 e. The number of aliphatic hydroxyl groups excluding tert-OH is 1. The molecule has 9 unspecified atom stereocenters. The van der Waals surface area contributed by atoms with Gasteiger partial charge >= 0.3 is 0 Å². The molecule has 0 aromatic heterocycles. The van der Waals surface area contributed by atoms with Gasteiger partial charge in [0, 0.05) is 5.97 Å². The van der Waals surface area contributed by atoms with Gasteiger partial charge in [0.2, 0.25) is 0 Å². The molecule has 0 bridgehead atoms. The number of fused-ring (bicyclic) bond motifs is 1. The molecule has 1 saturated carbocycles. The van der Waals surface area contributed by atoms with Crippen molar-refractivity contribution in [3.05, 3.63) is 0 Å². The molecule has 2 fully saturated rings. The highest BCUT2D eigenvalue weighted by atomic mass is 16.5. The smallest absolute Gasteiger partial charge is 0.0658 e. The van der Waals surface area contributed by atoms with Gasteiger partial charge in [0.25, 0.3) is 0 Å². The van der Waals surface area contributed by atoms with E-state index in [1.807, 2.05) is 6.92 Å². The van der Waals surface area contributed by atoms with Gasteiger partial charge in [0.15, 0.2) is 0 Å². The molecule has 1 saturated heterocycles. The van der Waals surface area contributed by atoms with Crippen molar-refractivity contribution in [2.45, 2.75) is 148 Å². The van der Waals surface area contributed by atoms with Crippen molar-refractivity contribution in [2.24, 2.45) is 23.7 Å². The van der Waals surface area contributed by atoms with Crippen LogP contribution in [0.15, 0.2) is 0 Å². The first-order valence-electron chi connectivity index (χ1n) is 13.7. The molecular formula is C28H51O6-. The van der Waals surface area contributed by atoms with Gasteiger partial charge in [-0.05, 0) is 121 Å². The summed E-state index contributed by atoms with van der Waals surface area (Å²) >= 11 is 0. The van der Waals surface area contributed by atoms with Crippen LogP contribution in [-0.2, 0) is 9.53 Å². The molecule has 0 radical (unpaired) electrons. The second-order valence-corrected chi connectivity index (χ2v) is 12.7. The summed E-state index contributed by atoms with van der Waals surface area (Å²) in [6.07, 6.45) is 9.14. The molecule has 0 aromatic carbocycles. The van der Waals surface area contributed by atoms with Crippen LogP contribution in [0.2, 0.25) is 0 Å². The van der Waals surface area contributed by atoms with Crippen molar-refractivity contribution in [3.63, 3.8) is 0 Å². The van der Waals surface area contributed by atoms with E-state index in [1.54, 1.807) is 13.8 Å². The summed E-state index contributed by atoms with van der Waals surface area (Å²) in [6, 6.07) is 0. The standard InChI is InChI=1S/C28H52O6/c1-19(25(30)31)10-7-12-26(4,32)13-8-14-27(5,33)15-9-16-28(6)17-11-22-18-23(29)20(2)21(3)24(22)34-28/h19-24,29,32-33H,7-18H2,1-6H3,(H,30,31)/p-1. The molecule has 0 spiro atoms. The highest BCUT2D eigenvalue weighted by molar-refractivity contribution is 5.66. The van der Waals surface area contributed by atoms with Crippen LogP contribution in [0.4, 0.5) is 0 Å². The quantitative estimate of drug-likeness (QED) is 0.366. The third kappa shape index (κ3) is 8.76. The first-order chi connectivity index (χ1) is 15.6. The topological polar surface area (TPSA) is 110 Å². The number of ether oxygens (including phenoxy) is 1. The number of aliphatic hydroxyl groups is 3. The Morgan fingerprint density at radius 2 is 1.62 bits per heavy atom. The van der Waals surface area contributed by atoms with E-state index in [2.05, 4.69) is 20.8 Å². The molecule has 0 amide bonds. The molecule has 6 heteroatoms. The number of hydrogen-bond donors (Lipinski definition) is 3. The van der Waals surface area contributed by atoms with Crippen LogP contribution in [0.3, 0.4) is 0 Å². The molecule has 6 nitrogen and oxygen atoms in total. The molecule has 1 heterocycles. The minimum absolute atomic E-state index is 0.167. The summed E-state index contributed by atoms with van der Waals surface area (Å²) in [5, 5.41) is 42.7. The summed E-state index contributed by atoms with van der Waals surface area (Å²) in [7, 11) is 0. The lowest BCUT2D eigenvalue weighted by Crippen LogP contribution is -2.52. The zero-order valence-corrected chi connectivity index (χ0v) is 22.5. The van der Waals surface area contributed by atoms with Gasteiger partial charge in [0.1, 0.15) is 0 Å². The predicted molar refractivity (Wildman–Crippen MR) is 132 cm³/mol. The van der Waals surface area contributed by atoms with E-state index in [9.17, 15) is 25.2 Å². The summed E-state index contributed by atoms with van der Waals surface area (Å²) in [5.74, 6) is -0.458. The molecule has 1 aliphatic heterocycles. The second kappa shape index (κ2) is 12.0. The Kier molecular flexibility index (Phi) is 10.5. The molecule has 200 valence electrons. The number of carboxylic acids is 1. The van der Waals surface area contributed by atoms with Gasteiger partial charge in [-0.25, -0.2) is 0 Å². The number of carbonyl (C=O) groups is 1. The van der Waals surface area contributed by atoms with Crippen LogP contribution in [0.25, 0.3) is 0 Å². The van der Waals surface area contributed by atoms with E-state index in [4.69, 9.17) is 4.74 Å². The Morgan fingerprint density at radius 3 is 2.21 bits per heavy atom. The van der Waals surface area contributed by atoms with Crippen molar-refractivity contribution in [1.29, 1.82) is 0 Å². The van der Waals surface area contributed by atoms with E-state index in [0.717, 1.165) is 38.5 Å². The fourth-order valence-electron chi connectivity index (χ4n) is 6.14. The zero-order chi connectivity index (χ0) is 25.7. The van der Waals surface area contributed by atoms with Gasteiger partial charge in [0.05, 0.1) is 29.0 Å². The van der Waals surface area contributed by atoms with Gasteiger partial charge in [-0.3, -0.25) is 0 Å². The first-order valence-corrected chi connectivity index (χ1v) is 13.7. The molecule has 1 aliphatic carbocycles. The fourth-order valence-corrected chi connectivity index (χ4v) is 6.14. The van der Waals surface area contributed by atoms with Crippen molar-refractivity contribution in [2.75, 3.05) is 0 Å². The summed E-state index contributed by atoms with van der Waals surface area (Å²) < 4.78 is 6.65. The normalized spacial score (nSPS) is 36.2. The fraction of sp³-hybridized carbons (Fsp3) is 0.964. The monoisotopic (exact) mass is 483 g/mol. The molecule has 3 N–H and O–H groups in total.